The van der Waals surface area contributed by atoms with Gasteiger partial charge in [0.05, 0.1) is 11.6 Å². The number of benzene rings is 1. The molecule has 3 nitrogen and oxygen atoms in total. The van der Waals surface area contributed by atoms with Crippen LogP contribution in [0.3, 0.4) is 0 Å². The van der Waals surface area contributed by atoms with Crippen LogP contribution in [-0.4, -0.2) is 26.6 Å². The minimum absolute atomic E-state index is 0.512. The van der Waals surface area contributed by atoms with Gasteiger partial charge in [-0.2, -0.15) is 0 Å². The molecule has 82 valence electrons. The van der Waals surface area contributed by atoms with E-state index in [0.29, 0.717) is 29.5 Å². The van der Waals surface area contributed by atoms with Crippen molar-refractivity contribution in [3.8, 4) is 5.75 Å². The van der Waals surface area contributed by atoms with E-state index < -0.39 is 0 Å². The largest absolute Gasteiger partial charge is 0.492 e. The SMILES string of the molecule is COCCCOc1cc(C=O)ccc1Cl. The second kappa shape index (κ2) is 6.43. The van der Waals surface area contributed by atoms with Gasteiger partial charge in [-0.1, -0.05) is 11.6 Å². The molecule has 1 aromatic carbocycles. The van der Waals surface area contributed by atoms with E-state index in [-0.39, 0.29) is 0 Å². The molecule has 4 heteroatoms. The highest BCUT2D eigenvalue weighted by atomic mass is 35.5. The lowest BCUT2D eigenvalue weighted by Gasteiger charge is -2.07. The number of aldehydes is 1. The molecule has 0 amide bonds. The van der Waals surface area contributed by atoms with E-state index in [1.54, 1.807) is 25.3 Å². The van der Waals surface area contributed by atoms with E-state index in [0.717, 1.165) is 12.7 Å². The number of carbonyl (C=O) groups excluding carboxylic acids is 1. The molecule has 0 radical (unpaired) electrons. The van der Waals surface area contributed by atoms with Crippen molar-refractivity contribution in [3.05, 3.63) is 28.8 Å². The predicted octanol–water partition coefficient (Wildman–Crippen LogP) is 2.57. The second-order valence-electron chi connectivity index (χ2n) is 3.00. The lowest BCUT2D eigenvalue weighted by Crippen LogP contribution is -2.02. The number of ether oxygens (including phenoxy) is 2. The lowest BCUT2D eigenvalue weighted by molar-refractivity contribution is 0.112. The van der Waals surface area contributed by atoms with Crippen molar-refractivity contribution in [2.24, 2.45) is 0 Å². The average molecular weight is 229 g/mol. The molecule has 15 heavy (non-hydrogen) atoms. The third-order valence-corrected chi connectivity index (χ3v) is 2.15. The Balaban J connectivity index is 2.55. The van der Waals surface area contributed by atoms with Crippen LogP contribution < -0.4 is 4.74 Å². The minimum atomic E-state index is 0.512. The standard InChI is InChI=1S/C11H13ClO3/c1-14-5-2-6-15-11-7-9(8-13)3-4-10(11)12/h3-4,7-8H,2,5-6H2,1H3. The Morgan fingerprint density at radius 3 is 2.87 bits per heavy atom. The van der Waals surface area contributed by atoms with Crippen LogP contribution >= 0.6 is 11.6 Å². The summed E-state index contributed by atoms with van der Waals surface area (Å²) in [5, 5.41) is 0.512. The van der Waals surface area contributed by atoms with Crippen molar-refractivity contribution >= 4 is 17.9 Å². The van der Waals surface area contributed by atoms with Gasteiger partial charge in [0.2, 0.25) is 0 Å². The maximum absolute atomic E-state index is 10.5. The van der Waals surface area contributed by atoms with Crippen LogP contribution in [0, 0.1) is 0 Å². The molecule has 0 bridgehead atoms. The first-order chi connectivity index (χ1) is 7.27. The monoisotopic (exact) mass is 228 g/mol. The van der Waals surface area contributed by atoms with E-state index in [4.69, 9.17) is 21.1 Å². The fourth-order valence-corrected chi connectivity index (χ4v) is 1.26. The summed E-state index contributed by atoms with van der Waals surface area (Å²) in [6, 6.07) is 4.93. The van der Waals surface area contributed by atoms with Gasteiger partial charge in [0.1, 0.15) is 12.0 Å². The van der Waals surface area contributed by atoms with Gasteiger partial charge in [-0.3, -0.25) is 4.79 Å². The first-order valence-electron chi connectivity index (χ1n) is 4.64. The zero-order valence-electron chi connectivity index (χ0n) is 8.53. The first-order valence-corrected chi connectivity index (χ1v) is 5.02. The molecule has 0 saturated carbocycles. The van der Waals surface area contributed by atoms with Gasteiger partial charge in [0.15, 0.2) is 0 Å². The van der Waals surface area contributed by atoms with Gasteiger partial charge in [-0.05, 0) is 18.2 Å². The maximum atomic E-state index is 10.5. The molecule has 0 aliphatic heterocycles. The molecule has 0 unspecified atom stereocenters. The fourth-order valence-electron chi connectivity index (χ4n) is 1.09. The number of rotatable bonds is 6. The van der Waals surface area contributed by atoms with Gasteiger partial charge in [-0.25, -0.2) is 0 Å². The maximum Gasteiger partial charge on any atom is 0.150 e. The minimum Gasteiger partial charge on any atom is -0.492 e. The van der Waals surface area contributed by atoms with Crippen LogP contribution in [0.4, 0.5) is 0 Å². The van der Waals surface area contributed by atoms with Crippen molar-refractivity contribution in [2.45, 2.75) is 6.42 Å². The van der Waals surface area contributed by atoms with Crippen molar-refractivity contribution in [1.82, 2.24) is 0 Å². The van der Waals surface area contributed by atoms with E-state index in [1.165, 1.54) is 0 Å². The van der Waals surface area contributed by atoms with Crippen LogP contribution in [-0.2, 0) is 4.74 Å². The molecule has 0 fully saturated rings. The Bertz CT molecular complexity index is 326. The summed E-state index contributed by atoms with van der Waals surface area (Å²) in [5.74, 6) is 0.539. The molecule has 0 N–H and O–H groups in total. The Morgan fingerprint density at radius 2 is 2.20 bits per heavy atom. The summed E-state index contributed by atoms with van der Waals surface area (Å²) in [5.41, 5.74) is 0.557. The van der Waals surface area contributed by atoms with Gasteiger partial charge in [-0.15, -0.1) is 0 Å². The molecular formula is C11H13ClO3. The van der Waals surface area contributed by atoms with E-state index >= 15 is 0 Å². The Kier molecular flexibility index (Phi) is 5.15. The zero-order chi connectivity index (χ0) is 11.1. The van der Waals surface area contributed by atoms with Gasteiger partial charge < -0.3 is 9.47 Å². The Hall–Kier alpha value is -1.06. The Morgan fingerprint density at radius 1 is 1.40 bits per heavy atom. The second-order valence-corrected chi connectivity index (χ2v) is 3.41. The highest BCUT2D eigenvalue weighted by Gasteiger charge is 2.02. The molecule has 1 rings (SSSR count). The van der Waals surface area contributed by atoms with Crippen molar-refractivity contribution in [1.29, 1.82) is 0 Å². The highest BCUT2D eigenvalue weighted by Crippen LogP contribution is 2.24. The summed E-state index contributed by atoms with van der Waals surface area (Å²) in [6.45, 7) is 1.17. The summed E-state index contributed by atoms with van der Waals surface area (Å²) < 4.78 is 10.3. The van der Waals surface area contributed by atoms with Crippen LogP contribution in [0.1, 0.15) is 16.8 Å². The molecular weight excluding hydrogens is 216 g/mol. The third-order valence-electron chi connectivity index (χ3n) is 1.84. The van der Waals surface area contributed by atoms with E-state index in [1.807, 2.05) is 0 Å². The topological polar surface area (TPSA) is 35.5 Å². The fraction of sp³-hybridized carbons (Fsp3) is 0.364. The number of hydrogen-bond acceptors (Lipinski definition) is 3. The van der Waals surface area contributed by atoms with Crippen molar-refractivity contribution in [3.63, 3.8) is 0 Å². The van der Waals surface area contributed by atoms with Crippen molar-refractivity contribution in [2.75, 3.05) is 20.3 Å². The van der Waals surface area contributed by atoms with Crippen molar-refractivity contribution < 1.29 is 14.3 Å². The molecule has 0 atom stereocenters. The molecule has 0 aliphatic rings. The normalized spacial score (nSPS) is 10.0. The van der Waals surface area contributed by atoms with Crippen LogP contribution in [0.15, 0.2) is 18.2 Å². The average Bonchev–Trinajstić information content (AvgIpc) is 2.26. The van der Waals surface area contributed by atoms with Gasteiger partial charge >= 0.3 is 0 Å². The zero-order valence-corrected chi connectivity index (χ0v) is 9.29. The number of hydrogen-bond donors (Lipinski definition) is 0. The quantitative estimate of drug-likeness (QED) is 0.555. The molecule has 0 heterocycles. The summed E-state index contributed by atoms with van der Waals surface area (Å²) in [7, 11) is 1.64. The number of carbonyl (C=O) groups is 1. The highest BCUT2D eigenvalue weighted by molar-refractivity contribution is 6.32. The summed E-state index contributed by atoms with van der Waals surface area (Å²) in [6.07, 6.45) is 1.55. The molecule has 0 aliphatic carbocycles. The summed E-state index contributed by atoms with van der Waals surface area (Å²) >= 11 is 5.89. The predicted molar refractivity (Wildman–Crippen MR) is 58.8 cm³/mol. The van der Waals surface area contributed by atoms with E-state index in [2.05, 4.69) is 0 Å². The summed E-state index contributed by atoms with van der Waals surface area (Å²) in [4.78, 5) is 10.5. The molecule has 1 aromatic rings. The lowest BCUT2D eigenvalue weighted by atomic mass is 10.2. The third kappa shape index (κ3) is 3.90. The molecule has 0 saturated heterocycles. The van der Waals surface area contributed by atoms with E-state index in [9.17, 15) is 4.79 Å². The van der Waals surface area contributed by atoms with Crippen LogP contribution in [0.25, 0.3) is 0 Å². The first kappa shape index (κ1) is 12.0. The smallest absolute Gasteiger partial charge is 0.150 e. The number of halogens is 1. The molecule has 0 aromatic heterocycles. The van der Waals surface area contributed by atoms with Gasteiger partial charge in [0, 0.05) is 25.7 Å². The van der Waals surface area contributed by atoms with Crippen LogP contribution in [0.2, 0.25) is 5.02 Å². The Labute approximate surface area is 93.9 Å². The number of methoxy groups -OCH3 is 1. The van der Waals surface area contributed by atoms with Crippen LogP contribution in [0.5, 0.6) is 5.75 Å². The van der Waals surface area contributed by atoms with Gasteiger partial charge in [0.25, 0.3) is 0 Å². The molecule has 0 spiro atoms.